The standard InChI is InChI=1S/C25H36N3O9PS/c1-5-24(2,3)22(32)39-14-13-35-38(34,26-15-17-9-7-6-8-10-17)36-16-25(4)20(31)19(30)21(37-25)28-12-11-18(29)27-23(28)33/h6-12,19-21,30-31H,5,13-16H2,1-4H3,(H,26,34)(H,27,29,33)/t19-,20+,21-,25-,38?/m1/s1. The van der Waals surface area contributed by atoms with Crippen LogP contribution in [0.2, 0.25) is 0 Å². The maximum Gasteiger partial charge on any atom is 0.405 e. The Morgan fingerprint density at radius 2 is 1.92 bits per heavy atom. The lowest BCUT2D eigenvalue weighted by Gasteiger charge is -2.29. The van der Waals surface area contributed by atoms with Crippen molar-refractivity contribution in [2.45, 2.75) is 64.7 Å². The molecule has 3 rings (SSSR count). The Morgan fingerprint density at radius 3 is 2.56 bits per heavy atom. The smallest absolute Gasteiger partial charge is 0.387 e. The van der Waals surface area contributed by atoms with Crippen LogP contribution < -0.4 is 16.3 Å². The zero-order valence-electron chi connectivity index (χ0n) is 22.4. The van der Waals surface area contributed by atoms with Crippen LogP contribution >= 0.6 is 19.5 Å². The summed E-state index contributed by atoms with van der Waals surface area (Å²) in [7, 11) is -4.00. The van der Waals surface area contributed by atoms with Gasteiger partial charge in [-0.25, -0.2) is 14.4 Å². The fourth-order valence-electron chi connectivity index (χ4n) is 3.66. The van der Waals surface area contributed by atoms with Gasteiger partial charge in [-0.1, -0.05) is 62.9 Å². The van der Waals surface area contributed by atoms with Gasteiger partial charge in [0.2, 0.25) is 0 Å². The van der Waals surface area contributed by atoms with Crippen LogP contribution in [-0.2, 0) is 29.7 Å². The molecule has 39 heavy (non-hydrogen) atoms. The predicted octanol–water partition coefficient (Wildman–Crippen LogP) is 2.17. The molecule has 0 radical (unpaired) electrons. The molecule has 0 bridgehead atoms. The van der Waals surface area contributed by atoms with Gasteiger partial charge in [-0.05, 0) is 18.9 Å². The van der Waals surface area contributed by atoms with E-state index in [0.29, 0.717) is 6.42 Å². The molecule has 14 heteroatoms. The molecular weight excluding hydrogens is 549 g/mol. The number of aliphatic hydroxyl groups is 2. The van der Waals surface area contributed by atoms with Gasteiger partial charge in [0.1, 0.15) is 17.8 Å². The van der Waals surface area contributed by atoms with Crippen molar-refractivity contribution in [2.75, 3.05) is 19.0 Å². The first-order valence-corrected chi connectivity index (χ1v) is 15.0. The summed E-state index contributed by atoms with van der Waals surface area (Å²) >= 11 is 1.08. The van der Waals surface area contributed by atoms with E-state index in [1.165, 1.54) is 6.92 Å². The number of benzene rings is 1. The summed E-state index contributed by atoms with van der Waals surface area (Å²) < 4.78 is 31.7. The van der Waals surface area contributed by atoms with Crippen molar-refractivity contribution < 1.29 is 33.4 Å². The van der Waals surface area contributed by atoms with E-state index < -0.39 is 55.1 Å². The minimum absolute atomic E-state index is 0.00545. The summed E-state index contributed by atoms with van der Waals surface area (Å²) in [5, 5.41) is 24.1. The number of aromatic amines is 1. The quantitative estimate of drug-likeness (QED) is 0.201. The third-order valence-electron chi connectivity index (χ3n) is 6.61. The van der Waals surface area contributed by atoms with Crippen LogP contribution in [0.4, 0.5) is 0 Å². The maximum absolute atomic E-state index is 13.7. The molecule has 12 nitrogen and oxygen atoms in total. The maximum atomic E-state index is 13.7. The molecule has 216 valence electrons. The Hall–Kier alpha value is -2.09. The van der Waals surface area contributed by atoms with Crippen LogP contribution in [0.25, 0.3) is 0 Å². The lowest BCUT2D eigenvalue weighted by atomic mass is 9.92. The summed E-state index contributed by atoms with van der Waals surface area (Å²) in [6.07, 6.45) is -2.60. The van der Waals surface area contributed by atoms with E-state index in [0.717, 1.165) is 34.2 Å². The monoisotopic (exact) mass is 585 g/mol. The lowest BCUT2D eigenvalue weighted by molar-refractivity contribution is -0.118. The van der Waals surface area contributed by atoms with Gasteiger partial charge < -0.3 is 14.9 Å². The molecular formula is C25H36N3O9PS. The number of rotatable bonds is 13. The van der Waals surface area contributed by atoms with Crippen molar-refractivity contribution in [2.24, 2.45) is 5.41 Å². The van der Waals surface area contributed by atoms with E-state index in [1.54, 1.807) is 0 Å². The summed E-state index contributed by atoms with van der Waals surface area (Å²) in [6, 6.07) is 10.2. The molecule has 0 amide bonds. The highest BCUT2D eigenvalue weighted by Gasteiger charge is 2.53. The number of hydrogen-bond acceptors (Lipinski definition) is 10. The first kappa shape index (κ1) is 31.4. The Labute approximate surface area is 230 Å². The molecule has 1 unspecified atom stereocenters. The van der Waals surface area contributed by atoms with Crippen LogP contribution in [0, 0.1) is 5.41 Å². The molecule has 1 saturated heterocycles. The van der Waals surface area contributed by atoms with Gasteiger partial charge in [-0.3, -0.25) is 28.2 Å². The number of aliphatic hydroxyl groups excluding tert-OH is 2. The molecule has 1 aromatic carbocycles. The highest BCUT2D eigenvalue weighted by atomic mass is 32.2. The molecule has 1 aromatic heterocycles. The van der Waals surface area contributed by atoms with Crippen LogP contribution in [0.1, 0.15) is 45.9 Å². The molecule has 2 aromatic rings. The zero-order chi connectivity index (χ0) is 28.8. The van der Waals surface area contributed by atoms with Gasteiger partial charge in [0.25, 0.3) is 5.56 Å². The average Bonchev–Trinajstić information content (AvgIpc) is 3.13. The van der Waals surface area contributed by atoms with Gasteiger partial charge in [0.15, 0.2) is 11.3 Å². The molecule has 4 N–H and O–H groups in total. The van der Waals surface area contributed by atoms with E-state index in [4.69, 9.17) is 13.8 Å². The lowest BCUT2D eigenvalue weighted by Crippen LogP contribution is -2.44. The highest BCUT2D eigenvalue weighted by molar-refractivity contribution is 8.13. The third-order valence-corrected chi connectivity index (χ3v) is 9.33. The predicted molar refractivity (Wildman–Crippen MR) is 146 cm³/mol. The first-order valence-electron chi connectivity index (χ1n) is 12.5. The summed E-state index contributed by atoms with van der Waals surface area (Å²) in [5.74, 6) is 0.245. The van der Waals surface area contributed by atoms with Gasteiger partial charge in [0, 0.05) is 30.0 Å². The number of carbonyl (C=O) groups is 1. The first-order chi connectivity index (χ1) is 18.3. The molecule has 1 aliphatic heterocycles. The van der Waals surface area contributed by atoms with Crippen molar-refractivity contribution in [1.29, 1.82) is 0 Å². The molecule has 2 heterocycles. The van der Waals surface area contributed by atoms with E-state index in [1.807, 2.05) is 51.1 Å². The number of H-pyrrole nitrogens is 1. The SMILES string of the molecule is CCC(C)(C)C(=O)SCCOP(=O)(NCc1ccccc1)OC[C@@]1(C)O[C@@H](n2ccc(=O)[nH]c2=O)[C@H](O)[C@@H]1O. The number of nitrogens with one attached hydrogen (secondary N) is 2. The molecule has 1 fully saturated rings. The molecule has 0 saturated carbocycles. The molecule has 1 aliphatic rings. The Balaban J connectivity index is 1.70. The van der Waals surface area contributed by atoms with Crippen LogP contribution in [-0.4, -0.2) is 61.7 Å². The second-order valence-electron chi connectivity index (χ2n) is 10.1. The summed E-state index contributed by atoms with van der Waals surface area (Å²) in [5.41, 5.74) is -2.73. The number of hydrogen-bond donors (Lipinski definition) is 4. The van der Waals surface area contributed by atoms with Crippen LogP contribution in [0.15, 0.2) is 52.2 Å². The fourth-order valence-corrected chi connectivity index (χ4v) is 6.06. The van der Waals surface area contributed by atoms with Crippen molar-refractivity contribution in [1.82, 2.24) is 14.6 Å². The minimum atomic E-state index is -4.00. The second kappa shape index (κ2) is 13.0. The number of aromatic nitrogens is 2. The Bertz CT molecular complexity index is 1290. The van der Waals surface area contributed by atoms with E-state index in [9.17, 15) is 29.2 Å². The van der Waals surface area contributed by atoms with Gasteiger partial charge in [0.05, 0.1) is 13.2 Å². The van der Waals surface area contributed by atoms with E-state index >= 15 is 0 Å². The Morgan fingerprint density at radius 1 is 1.23 bits per heavy atom. The zero-order valence-corrected chi connectivity index (χ0v) is 24.1. The topological polar surface area (TPSA) is 169 Å². The van der Waals surface area contributed by atoms with Crippen molar-refractivity contribution in [3.8, 4) is 0 Å². The Kier molecular flexibility index (Phi) is 10.5. The van der Waals surface area contributed by atoms with Gasteiger partial charge in [-0.15, -0.1) is 0 Å². The third kappa shape index (κ3) is 7.99. The largest absolute Gasteiger partial charge is 0.405 e. The van der Waals surface area contributed by atoms with Gasteiger partial charge in [-0.2, -0.15) is 0 Å². The van der Waals surface area contributed by atoms with Crippen molar-refractivity contribution in [3.05, 3.63) is 69.0 Å². The highest BCUT2D eigenvalue weighted by Crippen LogP contribution is 2.47. The molecule has 0 aliphatic carbocycles. The summed E-state index contributed by atoms with van der Waals surface area (Å²) in [6.45, 7) is 6.68. The molecule has 5 atom stereocenters. The second-order valence-corrected chi connectivity index (χ2v) is 13.0. The number of thioether (sulfide) groups is 1. The molecule has 0 spiro atoms. The van der Waals surface area contributed by atoms with Gasteiger partial charge >= 0.3 is 13.4 Å². The van der Waals surface area contributed by atoms with Crippen molar-refractivity contribution in [3.63, 3.8) is 0 Å². The van der Waals surface area contributed by atoms with E-state index in [2.05, 4.69) is 10.1 Å². The minimum Gasteiger partial charge on any atom is -0.387 e. The van der Waals surface area contributed by atoms with Crippen LogP contribution in [0.3, 0.4) is 0 Å². The number of nitrogens with zero attached hydrogens (tertiary/aromatic N) is 1. The van der Waals surface area contributed by atoms with E-state index in [-0.39, 0.29) is 24.0 Å². The van der Waals surface area contributed by atoms with Crippen LogP contribution in [0.5, 0.6) is 0 Å². The fraction of sp³-hybridized carbons (Fsp3) is 0.560. The van der Waals surface area contributed by atoms with Crippen molar-refractivity contribution >= 4 is 24.6 Å². The number of carbonyl (C=O) groups excluding carboxylic acids is 1. The normalized spacial score (nSPS) is 24.9. The average molecular weight is 586 g/mol. The summed E-state index contributed by atoms with van der Waals surface area (Å²) in [4.78, 5) is 38.1. The number of ether oxygens (including phenoxy) is 1.